The molecule has 0 saturated heterocycles. The average molecular weight is 283 g/mol. The summed E-state index contributed by atoms with van der Waals surface area (Å²) < 4.78 is 37.6. The van der Waals surface area contributed by atoms with Gasteiger partial charge in [-0.25, -0.2) is 4.98 Å². The van der Waals surface area contributed by atoms with Gasteiger partial charge in [0, 0.05) is 6.07 Å². The maximum Gasteiger partial charge on any atom is 0.401 e. The number of thioether (sulfide) groups is 1. The number of anilines is 1. The summed E-state index contributed by atoms with van der Waals surface area (Å²) in [6.07, 6.45) is -5.86. The van der Waals surface area contributed by atoms with Crippen molar-refractivity contribution in [1.82, 2.24) is 9.97 Å². The van der Waals surface area contributed by atoms with E-state index in [0.29, 0.717) is 0 Å². The van der Waals surface area contributed by atoms with E-state index >= 15 is 0 Å². The molecule has 1 atom stereocenters. The first-order chi connectivity index (χ1) is 8.18. The van der Waals surface area contributed by atoms with Crippen LogP contribution in [-0.2, 0) is 4.79 Å². The summed E-state index contributed by atoms with van der Waals surface area (Å²) in [5.74, 6) is -1.84. The molecule has 1 aromatic heterocycles. The van der Waals surface area contributed by atoms with Crippen molar-refractivity contribution in [2.45, 2.75) is 23.0 Å². The van der Waals surface area contributed by atoms with Gasteiger partial charge in [0.05, 0.1) is 6.42 Å². The molecule has 10 heteroatoms. The van der Waals surface area contributed by atoms with E-state index in [9.17, 15) is 22.8 Å². The second kappa shape index (κ2) is 5.29. The van der Waals surface area contributed by atoms with Crippen molar-refractivity contribution in [3.05, 3.63) is 16.4 Å². The Balaban J connectivity index is 2.95. The summed E-state index contributed by atoms with van der Waals surface area (Å²) >= 11 is 0.0998. The summed E-state index contributed by atoms with van der Waals surface area (Å²) in [4.78, 5) is 26.9. The lowest BCUT2D eigenvalue weighted by atomic mass is 10.3. The zero-order valence-corrected chi connectivity index (χ0v) is 9.51. The van der Waals surface area contributed by atoms with Crippen LogP contribution >= 0.6 is 11.8 Å². The molecular formula is C8H8F3N3O3S. The molecule has 4 N–H and O–H groups in total. The van der Waals surface area contributed by atoms with Gasteiger partial charge in [-0.2, -0.15) is 13.2 Å². The fourth-order valence-electron chi connectivity index (χ4n) is 1.03. The summed E-state index contributed by atoms with van der Waals surface area (Å²) in [5.41, 5.74) is 4.50. The van der Waals surface area contributed by atoms with Gasteiger partial charge in [-0.05, 0) is 0 Å². The number of rotatable bonds is 4. The van der Waals surface area contributed by atoms with Gasteiger partial charge in [0.15, 0.2) is 5.16 Å². The highest BCUT2D eigenvalue weighted by atomic mass is 32.2. The van der Waals surface area contributed by atoms with Crippen molar-refractivity contribution >= 4 is 23.5 Å². The summed E-state index contributed by atoms with van der Waals surface area (Å²) in [6.45, 7) is 0. The zero-order chi connectivity index (χ0) is 13.9. The maximum absolute atomic E-state index is 12.5. The molecule has 1 heterocycles. The van der Waals surface area contributed by atoms with Gasteiger partial charge in [-0.15, -0.1) is 0 Å². The molecule has 1 rings (SSSR count). The van der Waals surface area contributed by atoms with Crippen LogP contribution in [0.15, 0.2) is 16.0 Å². The molecule has 0 fully saturated rings. The molecule has 1 aromatic rings. The van der Waals surface area contributed by atoms with Gasteiger partial charge >= 0.3 is 12.1 Å². The smallest absolute Gasteiger partial charge is 0.401 e. The van der Waals surface area contributed by atoms with E-state index in [1.165, 1.54) is 0 Å². The van der Waals surface area contributed by atoms with E-state index in [2.05, 4.69) is 4.98 Å². The molecule has 0 aliphatic rings. The number of aromatic nitrogens is 2. The van der Waals surface area contributed by atoms with Gasteiger partial charge in [0.1, 0.15) is 11.1 Å². The normalized spacial score (nSPS) is 13.3. The first-order valence-corrected chi connectivity index (χ1v) is 5.38. The Hall–Kier alpha value is -1.71. The minimum atomic E-state index is -4.73. The molecule has 0 spiro atoms. The Morgan fingerprint density at radius 1 is 1.61 bits per heavy atom. The molecule has 0 radical (unpaired) electrons. The molecule has 0 bridgehead atoms. The molecule has 1 unspecified atom stereocenters. The molecule has 0 amide bonds. The summed E-state index contributed by atoms with van der Waals surface area (Å²) in [7, 11) is 0. The second-order valence-electron chi connectivity index (χ2n) is 3.22. The van der Waals surface area contributed by atoms with Crippen LogP contribution in [0.4, 0.5) is 19.0 Å². The van der Waals surface area contributed by atoms with Crippen molar-refractivity contribution in [3.8, 4) is 0 Å². The van der Waals surface area contributed by atoms with E-state index in [-0.39, 0.29) is 22.7 Å². The average Bonchev–Trinajstić information content (AvgIpc) is 2.12. The predicted octanol–water partition coefficient (Wildman–Crippen LogP) is 0.850. The highest BCUT2D eigenvalue weighted by Crippen LogP contribution is 2.35. The molecule has 0 aromatic carbocycles. The van der Waals surface area contributed by atoms with Crippen LogP contribution < -0.4 is 11.3 Å². The lowest BCUT2D eigenvalue weighted by Gasteiger charge is -2.17. The number of H-pyrrole nitrogens is 1. The first-order valence-electron chi connectivity index (χ1n) is 4.50. The van der Waals surface area contributed by atoms with Gasteiger partial charge < -0.3 is 15.8 Å². The Morgan fingerprint density at radius 3 is 2.67 bits per heavy atom. The van der Waals surface area contributed by atoms with Crippen molar-refractivity contribution in [1.29, 1.82) is 0 Å². The molecule has 0 aliphatic heterocycles. The molecule has 100 valence electrons. The van der Waals surface area contributed by atoms with Crippen LogP contribution in [0.1, 0.15) is 6.42 Å². The van der Waals surface area contributed by atoms with Gasteiger partial charge in [0.2, 0.25) is 0 Å². The topological polar surface area (TPSA) is 109 Å². The molecular weight excluding hydrogens is 275 g/mol. The maximum atomic E-state index is 12.5. The van der Waals surface area contributed by atoms with Crippen molar-refractivity contribution in [2.75, 3.05) is 5.73 Å². The number of nitrogens with one attached hydrogen (secondary N) is 1. The quantitative estimate of drug-likeness (QED) is 0.558. The number of nitrogens with two attached hydrogens (primary N) is 1. The second-order valence-corrected chi connectivity index (χ2v) is 4.41. The monoisotopic (exact) mass is 283 g/mol. The van der Waals surface area contributed by atoms with E-state index < -0.39 is 29.4 Å². The third kappa shape index (κ3) is 4.28. The number of halogens is 3. The molecule has 0 saturated carbocycles. The minimum absolute atomic E-state index is 0.0998. The highest BCUT2D eigenvalue weighted by molar-refractivity contribution is 7.99. The summed E-state index contributed by atoms with van der Waals surface area (Å²) in [6, 6.07) is 0.907. The Kier molecular flexibility index (Phi) is 4.22. The van der Waals surface area contributed by atoms with E-state index in [4.69, 9.17) is 10.8 Å². The Labute approximate surface area is 102 Å². The summed E-state index contributed by atoms with van der Waals surface area (Å²) in [5, 5.41) is 5.82. The predicted molar refractivity (Wildman–Crippen MR) is 57.2 cm³/mol. The van der Waals surface area contributed by atoms with Crippen LogP contribution in [0.25, 0.3) is 0 Å². The van der Waals surface area contributed by atoms with Crippen molar-refractivity contribution < 1.29 is 23.1 Å². The Morgan fingerprint density at radius 2 is 2.22 bits per heavy atom. The first kappa shape index (κ1) is 14.4. The number of alkyl halides is 3. The van der Waals surface area contributed by atoms with Crippen molar-refractivity contribution in [3.63, 3.8) is 0 Å². The number of nitrogen functional groups attached to an aromatic ring is 1. The lowest BCUT2D eigenvalue weighted by Crippen LogP contribution is -2.29. The molecule has 6 nitrogen and oxygen atoms in total. The third-order valence-corrected chi connectivity index (χ3v) is 2.85. The van der Waals surface area contributed by atoms with Crippen LogP contribution in [-0.4, -0.2) is 32.5 Å². The standard InChI is InChI=1S/C8H8F3N3O3S/c9-8(10,11)3(1-6(16)17)18-7-13-4(12)2-5(15)14-7/h2-3H,1H2,(H,16,17)(H3,12,13,14,15). The number of carboxylic acids is 1. The largest absolute Gasteiger partial charge is 0.481 e. The Bertz CT molecular complexity index is 502. The highest BCUT2D eigenvalue weighted by Gasteiger charge is 2.42. The van der Waals surface area contributed by atoms with Gasteiger partial charge in [-0.3, -0.25) is 9.59 Å². The van der Waals surface area contributed by atoms with Crippen LogP contribution in [0.5, 0.6) is 0 Å². The SMILES string of the molecule is Nc1cc(=O)[nH]c(SC(CC(=O)O)C(F)(F)F)n1. The van der Waals surface area contributed by atoms with Gasteiger partial charge in [-0.1, -0.05) is 11.8 Å². The van der Waals surface area contributed by atoms with E-state index in [1.54, 1.807) is 0 Å². The number of carboxylic acid groups (broad SMARTS) is 1. The van der Waals surface area contributed by atoms with E-state index in [1.807, 2.05) is 4.98 Å². The fraction of sp³-hybridized carbons (Fsp3) is 0.375. The molecule has 0 aliphatic carbocycles. The van der Waals surface area contributed by atoms with Crippen LogP contribution in [0, 0.1) is 0 Å². The number of aliphatic carboxylic acids is 1. The fourth-order valence-corrected chi connectivity index (χ4v) is 1.97. The van der Waals surface area contributed by atoms with Crippen LogP contribution in [0.2, 0.25) is 0 Å². The zero-order valence-electron chi connectivity index (χ0n) is 8.69. The number of hydrogen-bond acceptors (Lipinski definition) is 5. The van der Waals surface area contributed by atoms with E-state index in [0.717, 1.165) is 6.07 Å². The lowest BCUT2D eigenvalue weighted by molar-refractivity contribution is -0.149. The number of aromatic amines is 1. The molecule has 18 heavy (non-hydrogen) atoms. The third-order valence-electron chi connectivity index (χ3n) is 1.72. The number of carbonyl (C=O) groups is 1. The van der Waals surface area contributed by atoms with Crippen LogP contribution in [0.3, 0.4) is 0 Å². The minimum Gasteiger partial charge on any atom is -0.481 e. The number of hydrogen-bond donors (Lipinski definition) is 3. The van der Waals surface area contributed by atoms with Crippen molar-refractivity contribution in [2.24, 2.45) is 0 Å². The van der Waals surface area contributed by atoms with Gasteiger partial charge in [0.25, 0.3) is 5.56 Å². The number of nitrogens with zero attached hydrogens (tertiary/aromatic N) is 1.